The van der Waals surface area contributed by atoms with E-state index in [1.165, 1.54) is 34.1 Å². The lowest BCUT2D eigenvalue weighted by molar-refractivity contribution is 0.0966. The third kappa shape index (κ3) is 2.50. The Morgan fingerprint density at radius 3 is 2.70 bits per heavy atom. The van der Waals surface area contributed by atoms with Crippen molar-refractivity contribution in [3.05, 3.63) is 41.5 Å². The smallest absolute Gasteiger partial charge is 0.170 e. The number of benzene rings is 2. The highest BCUT2D eigenvalue weighted by Crippen LogP contribution is 2.43. The fourth-order valence-electron chi connectivity index (χ4n) is 3.93. The first-order valence-corrected chi connectivity index (χ1v) is 9.49. The van der Waals surface area contributed by atoms with Gasteiger partial charge in [-0.2, -0.15) is 0 Å². The second kappa shape index (κ2) is 5.95. The van der Waals surface area contributed by atoms with E-state index in [0.29, 0.717) is 5.78 Å². The molecule has 2 nitrogen and oxygen atoms in total. The lowest BCUT2D eigenvalue weighted by Crippen LogP contribution is -2.27. The summed E-state index contributed by atoms with van der Waals surface area (Å²) in [6.45, 7) is 6.77. The van der Waals surface area contributed by atoms with Crippen molar-refractivity contribution in [2.24, 2.45) is 5.92 Å². The second-order valence-corrected chi connectivity index (χ2v) is 8.05. The van der Waals surface area contributed by atoms with Crippen molar-refractivity contribution in [1.82, 2.24) is 4.31 Å². The molecule has 0 radical (unpaired) electrons. The van der Waals surface area contributed by atoms with Crippen molar-refractivity contribution < 1.29 is 4.79 Å². The summed E-state index contributed by atoms with van der Waals surface area (Å²) in [6, 6.07) is 10.6. The minimum absolute atomic E-state index is 0.0600. The SMILES string of the molecule is CCC1C(=O)c2cccc3c(SN4CCC(C)CC4)ccc1c23. The molecule has 1 heterocycles. The first-order chi connectivity index (χ1) is 11.2. The van der Waals surface area contributed by atoms with Crippen LogP contribution in [0.2, 0.25) is 0 Å². The van der Waals surface area contributed by atoms with Gasteiger partial charge in [0.1, 0.15) is 0 Å². The van der Waals surface area contributed by atoms with Crippen LogP contribution in [0, 0.1) is 5.92 Å². The highest BCUT2D eigenvalue weighted by atomic mass is 32.2. The molecule has 2 aromatic rings. The fraction of sp³-hybridized carbons (Fsp3) is 0.450. The van der Waals surface area contributed by atoms with E-state index >= 15 is 0 Å². The Balaban J connectivity index is 1.73. The summed E-state index contributed by atoms with van der Waals surface area (Å²) in [6.07, 6.45) is 3.45. The predicted octanol–water partition coefficient (Wildman–Crippen LogP) is 5.27. The minimum atomic E-state index is 0.0600. The number of hydrogen-bond acceptors (Lipinski definition) is 3. The second-order valence-electron chi connectivity index (χ2n) is 6.91. The molecule has 2 aliphatic rings. The summed E-state index contributed by atoms with van der Waals surface area (Å²) in [5.41, 5.74) is 2.17. The Labute approximate surface area is 142 Å². The van der Waals surface area contributed by atoms with Gasteiger partial charge in [0.05, 0.1) is 0 Å². The van der Waals surface area contributed by atoms with E-state index in [1.807, 2.05) is 24.1 Å². The van der Waals surface area contributed by atoms with Crippen LogP contribution in [0.15, 0.2) is 35.2 Å². The molecule has 1 fully saturated rings. The van der Waals surface area contributed by atoms with Gasteiger partial charge in [-0.25, -0.2) is 4.31 Å². The van der Waals surface area contributed by atoms with Crippen molar-refractivity contribution >= 4 is 28.5 Å². The summed E-state index contributed by atoms with van der Waals surface area (Å²) in [5.74, 6) is 1.22. The number of ketones is 1. The number of piperidine rings is 1. The third-order valence-electron chi connectivity index (χ3n) is 5.37. The first kappa shape index (κ1) is 15.2. The summed E-state index contributed by atoms with van der Waals surface area (Å²) >= 11 is 1.87. The van der Waals surface area contributed by atoms with Crippen molar-refractivity contribution in [1.29, 1.82) is 0 Å². The predicted molar refractivity (Wildman–Crippen MR) is 97.1 cm³/mol. The fourth-order valence-corrected chi connectivity index (χ4v) is 5.00. The zero-order chi connectivity index (χ0) is 16.0. The first-order valence-electron chi connectivity index (χ1n) is 8.71. The molecule has 0 bridgehead atoms. The topological polar surface area (TPSA) is 20.3 Å². The number of carbonyl (C=O) groups is 1. The molecule has 23 heavy (non-hydrogen) atoms. The van der Waals surface area contributed by atoms with Gasteiger partial charge in [-0.1, -0.05) is 38.1 Å². The molecule has 0 saturated carbocycles. The van der Waals surface area contributed by atoms with E-state index < -0.39 is 0 Å². The largest absolute Gasteiger partial charge is 0.293 e. The van der Waals surface area contributed by atoms with E-state index in [0.717, 1.165) is 31.0 Å². The molecule has 1 aliphatic heterocycles. The van der Waals surface area contributed by atoms with Crippen LogP contribution in [-0.2, 0) is 0 Å². The molecule has 0 amide bonds. The van der Waals surface area contributed by atoms with Gasteiger partial charge in [0, 0.05) is 29.5 Å². The lowest BCUT2D eigenvalue weighted by atomic mass is 9.97. The standard InChI is InChI=1S/C20H23NOS/c1-3-14-15-7-8-18(23-21-11-9-13(2)10-12-21)16-5-4-6-17(19(15)16)20(14)22/h4-8,13-14H,3,9-12H2,1-2H3. The van der Waals surface area contributed by atoms with Crippen LogP contribution in [0.3, 0.4) is 0 Å². The summed E-state index contributed by atoms with van der Waals surface area (Å²) in [7, 11) is 0. The maximum Gasteiger partial charge on any atom is 0.170 e. The molecule has 1 atom stereocenters. The van der Waals surface area contributed by atoms with E-state index in [4.69, 9.17) is 0 Å². The van der Waals surface area contributed by atoms with Crippen LogP contribution in [0.25, 0.3) is 10.8 Å². The van der Waals surface area contributed by atoms with Gasteiger partial charge in [-0.15, -0.1) is 0 Å². The molecular weight excluding hydrogens is 302 g/mol. The number of Topliss-reactive ketones (excluding diaryl/α,β-unsaturated/α-hetero) is 1. The Morgan fingerprint density at radius 1 is 1.17 bits per heavy atom. The van der Waals surface area contributed by atoms with Crippen molar-refractivity contribution in [2.75, 3.05) is 13.1 Å². The molecule has 0 N–H and O–H groups in total. The van der Waals surface area contributed by atoms with Crippen LogP contribution in [0.5, 0.6) is 0 Å². The van der Waals surface area contributed by atoms with Gasteiger partial charge >= 0.3 is 0 Å². The van der Waals surface area contributed by atoms with Crippen LogP contribution in [0.1, 0.15) is 54.9 Å². The number of carbonyl (C=O) groups excluding carboxylic acids is 1. The number of nitrogens with zero attached hydrogens (tertiary/aromatic N) is 1. The molecule has 1 saturated heterocycles. The molecule has 1 aliphatic carbocycles. The normalized spacial score (nSPS) is 22.2. The minimum Gasteiger partial charge on any atom is -0.293 e. The van der Waals surface area contributed by atoms with Crippen LogP contribution < -0.4 is 0 Å². The maximum absolute atomic E-state index is 12.6. The molecule has 4 rings (SSSR count). The highest BCUT2D eigenvalue weighted by Gasteiger charge is 2.32. The molecule has 1 unspecified atom stereocenters. The third-order valence-corrected chi connectivity index (χ3v) is 6.54. The monoisotopic (exact) mass is 325 g/mol. The van der Waals surface area contributed by atoms with Crippen molar-refractivity contribution in [3.8, 4) is 0 Å². The number of rotatable bonds is 3. The van der Waals surface area contributed by atoms with Crippen LogP contribution >= 0.6 is 11.9 Å². The van der Waals surface area contributed by atoms with Gasteiger partial charge in [-0.3, -0.25) is 4.79 Å². The Morgan fingerprint density at radius 2 is 1.96 bits per heavy atom. The average Bonchev–Trinajstić information content (AvgIpc) is 2.85. The number of hydrogen-bond donors (Lipinski definition) is 0. The molecule has 2 aromatic carbocycles. The van der Waals surface area contributed by atoms with E-state index in [-0.39, 0.29) is 5.92 Å². The van der Waals surface area contributed by atoms with Crippen LogP contribution in [-0.4, -0.2) is 23.2 Å². The Kier molecular flexibility index (Phi) is 3.94. The van der Waals surface area contributed by atoms with Gasteiger partial charge in [0.15, 0.2) is 5.78 Å². The highest BCUT2D eigenvalue weighted by molar-refractivity contribution is 7.97. The summed E-state index contributed by atoms with van der Waals surface area (Å²) in [4.78, 5) is 13.9. The quantitative estimate of drug-likeness (QED) is 0.717. The zero-order valence-corrected chi connectivity index (χ0v) is 14.7. The van der Waals surface area contributed by atoms with E-state index in [9.17, 15) is 4.79 Å². The van der Waals surface area contributed by atoms with Crippen molar-refractivity contribution in [2.45, 2.75) is 43.9 Å². The maximum atomic E-state index is 12.6. The zero-order valence-electron chi connectivity index (χ0n) is 13.8. The Bertz CT molecular complexity index is 762. The molecule has 3 heteroatoms. The van der Waals surface area contributed by atoms with Gasteiger partial charge in [0.25, 0.3) is 0 Å². The van der Waals surface area contributed by atoms with Crippen LogP contribution in [0.4, 0.5) is 0 Å². The molecule has 0 spiro atoms. The Hall–Kier alpha value is -1.32. The van der Waals surface area contributed by atoms with Gasteiger partial charge < -0.3 is 0 Å². The molecule has 0 aromatic heterocycles. The van der Waals surface area contributed by atoms with Crippen molar-refractivity contribution in [3.63, 3.8) is 0 Å². The van der Waals surface area contributed by atoms with E-state index in [2.05, 4.69) is 36.4 Å². The average molecular weight is 325 g/mol. The van der Waals surface area contributed by atoms with E-state index in [1.54, 1.807) is 0 Å². The molecular formula is C20H23NOS. The lowest BCUT2D eigenvalue weighted by Gasteiger charge is -2.29. The summed E-state index contributed by atoms with van der Waals surface area (Å²) in [5, 5.41) is 2.47. The van der Waals surface area contributed by atoms with Gasteiger partial charge in [-0.05, 0) is 59.5 Å². The van der Waals surface area contributed by atoms with Gasteiger partial charge in [0.2, 0.25) is 0 Å². The molecule has 120 valence electrons. The summed E-state index contributed by atoms with van der Waals surface area (Å²) < 4.78 is 2.48.